The van der Waals surface area contributed by atoms with Crippen LogP contribution in [0.25, 0.3) is 0 Å². The van der Waals surface area contributed by atoms with Gasteiger partial charge in [0.1, 0.15) is 0 Å². The molecule has 0 radical (unpaired) electrons. The predicted octanol–water partition coefficient (Wildman–Crippen LogP) is 3.35. The fourth-order valence-electron chi connectivity index (χ4n) is 4.27. The minimum absolute atomic E-state index is 0.534. The fourth-order valence-corrected chi connectivity index (χ4v) is 4.27. The summed E-state index contributed by atoms with van der Waals surface area (Å²) in [6.07, 6.45) is 8.69. The Kier molecular flexibility index (Phi) is 3.53. The van der Waals surface area contributed by atoms with Crippen molar-refractivity contribution in [1.82, 2.24) is 10.2 Å². The third-order valence-corrected chi connectivity index (χ3v) is 5.55. The van der Waals surface area contributed by atoms with Crippen LogP contribution >= 0.6 is 0 Å². The summed E-state index contributed by atoms with van der Waals surface area (Å²) in [7, 11) is 0. The summed E-state index contributed by atoms with van der Waals surface area (Å²) in [5.74, 6) is 0.986. The van der Waals surface area contributed by atoms with Gasteiger partial charge in [-0.05, 0) is 37.2 Å². The topological polar surface area (TPSA) is 15.3 Å². The number of hydrogen-bond donors (Lipinski definition) is 1. The van der Waals surface area contributed by atoms with Crippen molar-refractivity contribution in [3.05, 3.63) is 35.9 Å². The highest BCUT2D eigenvalue weighted by atomic mass is 15.3. The molecule has 2 heteroatoms. The number of rotatable bonds is 3. The van der Waals surface area contributed by atoms with Gasteiger partial charge in [-0.1, -0.05) is 43.2 Å². The molecule has 1 saturated heterocycles. The summed E-state index contributed by atoms with van der Waals surface area (Å²) in [6, 6.07) is 13.2. The van der Waals surface area contributed by atoms with Crippen LogP contribution < -0.4 is 5.32 Å². The van der Waals surface area contributed by atoms with Crippen molar-refractivity contribution in [3.63, 3.8) is 0 Å². The van der Waals surface area contributed by atoms with Gasteiger partial charge in [0, 0.05) is 31.2 Å². The summed E-state index contributed by atoms with van der Waals surface area (Å²) in [4.78, 5) is 2.89. The van der Waals surface area contributed by atoms with Gasteiger partial charge in [0.25, 0.3) is 0 Å². The van der Waals surface area contributed by atoms with E-state index in [9.17, 15) is 0 Å². The van der Waals surface area contributed by atoms with E-state index < -0.39 is 0 Å². The van der Waals surface area contributed by atoms with E-state index in [0.717, 1.165) is 18.0 Å². The zero-order valence-corrected chi connectivity index (χ0v) is 12.3. The average Bonchev–Trinajstić information content (AvgIpc) is 3.22. The monoisotopic (exact) mass is 270 g/mol. The highest BCUT2D eigenvalue weighted by Gasteiger charge is 2.41. The molecule has 20 heavy (non-hydrogen) atoms. The highest BCUT2D eigenvalue weighted by Crippen LogP contribution is 2.40. The van der Waals surface area contributed by atoms with Crippen LogP contribution in [-0.4, -0.2) is 30.1 Å². The molecule has 2 aliphatic carbocycles. The molecule has 2 saturated carbocycles. The molecule has 4 rings (SSSR count). The van der Waals surface area contributed by atoms with Gasteiger partial charge in [0.15, 0.2) is 0 Å². The second kappa shape index (κ2) is 5.50. The third-order valence-electron chi connectivity index (χ3n) is 5.55. The molecular formula is C18H26N2. The van der Waals surface area contributed by atoms with Crippen LogP contribution in [0.4, 0.5) is 0 Å². The van der Waals surface area contributed by atoms with Gasteiger partial charge in [-0.2, -0.15) is 0 Å². The van der Waals surface area contributed by atoms with E-state index >= 15 is 0 Å². The van der Waals surface area contributed by atoms with Gasteiger partial charge in [-0.3, -0.25) is 4.90 Å². The molecule has 0 spiro atoms. The Bertz CT molecular complexity index is 434. The van der Waals surface area contributed by atoms with Gasteiger partial charge in [-0.15, -0.1) is 0 Å². The Morgan fingerprint density at radius 3 is 2.40 bits per heavy atom. The van der Waals surface area contributed by atoms with Crippen molar-refractivity contribution in [3.8, 4) is 0 Å². The number of piperazine rings is 1. The zero-order chi connectivity index (χ0) is 13.4. The fraction of sp³-hybridized carbons (Fsp3) is 0.667. The van der Waals surface area contributed by atoms with E-state index in [1.165, 1.54) is 57.2 Å². The van der Waals surface area contributed by atoms with E-state index in [-0.39, 0.29) is 0 Å². The smallest absolute Gasteiger partial charge is 0.0450 e. The van der Waals surface area contributed by atoms with Crippen molar-refractivity contribution >= 4 is 0 Å². The lowest BCUT2D eigenvalue weighted by Gasteiger charge is -2.44. The molecule has 2 unspecified atom stereocenters. The van der Waals surface area contributed by atoms with Crippen LogP contribution in [0.1, 0.15) is 50.1 Å². The largest absolute Gasteiger partial charge is 0.307 e. The molecule has 1 heterocycles. The van der Waals surface area contributed by atoms with Crippen LogP contribution in [0.5, 0.6) is 0 Å². The summed E-state index contributed by atoms with van der Waals surface area (Å²) >= 11 is 0. The summed E-state index contributed by atoms with van der Waals surface area (Å²) < 4.78 is 0. The predicted molar refractivity (Wildman–Crippen MR) is 82.7 cm³/mol. The van der Waals surface area contributed by atoms with E-state index in [4.69, 9.17) is 0 Å². The molecule has 3 aliphatic rings. The molecule has 0 bridgehead atoms. The number of benzene rings is 1. The Morgan fingerprint density at radius 1 is 0.950 bits per heavy atom. The Morgan fingerprint density at radius 2 is 1.70 bits per heavy atom. The van der Waals surface area contributed by atoms with E-state index in [1.807, 2.05) is 0 Å². The molecular weight excluding hydrogens is 244 g/mol. The van der Waals surface area contributed by atoms with Crippen molar-refractivity contribution in [2.24, 2.45) is 5.92 Å². The van der Waals surface area contributed by atoms with Gasteiger partial charge in [0.2, 0.25) is 0 Å². The molecule has 1 aliphatic heterocycles. The third kappa shape index (κ3) is 2.51. The maximum absolute atomic E-state index is 3.82. The Balaban J connectivity index is 1.52. The Hall–Kier alpha value is -0.860. The number of nitrogens with one attached hydrogen (secondary N) is 1. The van der Waals surface area contributed by atoms with E-state index in [1.54, 1.807) is 0 Å². The molecule has 3 fully saturated rings. The lowest BCUT2D eigenvalue weighted by Crippen LogP contribution is -2.56. The van der Waals surface area contributed by atoms with Gasteiger partial charge >= 0.3 is 0 Å². The first kappa shape index (κ1) is 12.8. The highest BCUT2D eigenvalue weighted by molar-refractivity contribution is 5.20. The molecule has 1 aromatic rings. The SMILES string of the molecule is c1ccc(C2CN(C3CCCC3)C(C3CC3)CN2)cc1. The molecule has 0 aromatic heterocycles. The Labute approximate surface area is 122 Å². The molecule has 1 aromatic carbocycles. The number of hydrogen-bond acceptors (Lipinski definition) is 2. The first-order valence-corrected chi connectivity index (χ1v) is 8.46. The van der Waals surface area contributed by atoms with Crippen LogP contribution in [0.3, 0.4) is 0 Å². The lowest BCUT2D eigenvalue weighted by atomic mass is 9.97. The minimum atomic E-state index is 0.534. The van der Waals surface area contributed by atoms with Crippen LogP contribution in [-0.2, 0) is 0 Å². The quantitative estimate of drug-likeness (QED) is 0.906. The normalized spacial score (nSPS) is 32.6. The summed E-state index contributed by atoms with van der Waals surface area (Å²) in [6.45, 7) is 2.41. The standard InChI is InChI=1S/C18H26N2/c1-2-6-14(7-3-1)17-13-20(16-8-4-5-9-16)18(12-19-17)15-10-11-15/h1-3,6-7,15-19H,4-5,8-13H2. The first-order valence-electron chi connectivity index (χ1n) is 8.46. The maximum Gasteiger partial charge on any atom is 0.0450 e. The maximum atomic E-state index is 3.82. The van der Waals surface area contributed by atoms with Crippen molar-refractivity contribution < 1.29 is 0 Å². The first-order chi connectivity index (χ1) is 9.92. The molecule has 1 N–H and O–H groups in total. The molecule has 2 nitrogen and oxygen atoms in total. The molecule has 0 amide bonds. The second-order valence-corrected chi connectivity index (χ2v) is 6.91. The van der Waals surface area contributed by atoms with Crippen molar-refractivity contribution in [1.29, 1.82) is 0 Å². The lowest BCUT2D eigenvalue weighted by molar-refractivity contribution is 0.0708. The average molecular weight is 270 g/mol. The van der Waals surface area contributed by atoms with Crippen molar-refractivity contribution in [2.75, 3.05) is 13.1 Å². The van der Waals surface area contributed by atoms with Gasteiger partial charge in [-0.25, -0.2) is 0 Å². The van der Waals surface area contributed by atoms with Crippen LogP contribution in [0.2, 0.25) is 0 Å². The van der Waals surface area contributed by atoms with Crippen LogP contribution in [0, 0.1) is 5.92 Å². The second-order valence-electron chi connectivity index (χ2n) is 6.91. The zero-order valence-electron chi connectivity index (χ0n) is 12.3. The van der Waals surface area contributed by atoms with E-state index in [0.29, 0.717) is 6.04 Å². The summed E-state index contributed by atoms with van der Waals surface area (Å²) in [5.41, 5.74) is 1.46. The minimum Gasteiger partial charge on any atom is -0.307 e. The molecule has 108 valence electrons. The van der Waals surface area contributed by atoms with Crippen LogP contribution in [0.15, 0.2) is 30.3 Å². The van der Waals surface area contributed by atoms with Gasteiger partial charge in [0.05, 0.1) is 0 Å². The summed E-state index contributed by atoms with van der Waals surface area (Å²) in [5, 5.41) is 3.82. The van der Waals surface area contributed by atoms with E-state index in [2.05, 4.69) is 40.5 Å². The molecule has 2 atom stereocenters. The number of nitrogens with zero attached hydrogens (tertiary/aromatic N) is 1. The van der Waals surface area contributed by atoms with Crippen molar-refractivity contribution in [2.45, 2.75) is 56.7 Å². The van der Waals surface area contributed by atoms with Gasteiger partial charge < -0.3 is 5.32 Å².